The smallest absolute Gasteiger partial charge is 0.130 e. The minimum atomic E-state index is 0.0227. The molecule has 3 nitrogen and oxygen atoms in total. The number of hydrogen-bond donors (Lipinski definition) is 2. The fourth-order valence-electron chi connectivity index (χ4n) is 1.66. The van der Waals surface area contributed by atoms with Gasteiger partial charge in [-0.3, -0.25) is 5.41 Å². The molecule has 2 aromatic carbocycles. The third-order valence-electron chi connectivity index (χ3n) is 2.69. The van der Waals surface area contributed by atoms with Crippen molar-refractivity contribution < 1.29 is 4.74 Å². The van der Waals surface area contributed by atoms with Gasteiger partial charge in [-0.15, -0.1) is 0 Å². The lowest BCUT2D eigenvalue weighted by Gasteiger charge is -2.10. The van der Waals surface area contributed by atoms with Gasteiger partial charge < -0.3 is 10.5 Å². The summed E-state index contributed by atoms with van der Waals surface area (Å²) >= 11 is 0. The topological polar surface area (TPSA) is 59.1 Å². The van der Waals surface area contributed by atoms with Gasteiger partial charge in [-0.2, -0.15) is 0 Å². The number of rotatable bonds is 4. The molecule has 0 radical (unpaired) electrons. The fourth-order valence-corrected chi connectivity index (χ4v) is 1.66. The summed E-state index contributed by atoms with van der Waals surface area (Å²) in [6, 6.07) is 15.5. The van der Waals surface area contributed by atoms with E-state index in [1.165, 1.54) is 5.56 Å². The first-order chi connectivity index (χ1) is 8.66. The molecule has 0 aromatic heterocycles. The number of amidine groups is 1. The maximum atomic E-state index is 7.49. The van der Waals surface area contributed by atoms with Crippen LogP contribution in [-0.2, 0) is 6.61 Å². The second kappa shape index (κ2) is 5.36. The molecule has 0 amide bonds. The highest BCUT2D eigenvalue weighted by Gasteiger charge is 2.05. The van der Waals surface area contributed by atoms with Gasteiger partial charge in [0.25, 0.3) is 0 Å². The molecule has 0 unspecified atom stereocenters. The second-order valence-corrected chi connectivity index (χ2v) is 4.18. The van der Waals surface area contributed by atoms with Crippen molar-refractivity contribution in [3.63, 3.8) is 0 Å². The molecule has 0 atom stereocenters. The monoisotopic (exact) mass is 240 g/mol. The Morgan fingerprint density at radius 2 is 1.78 bits per heavy atom. The largest absolute Gasteiger partial charge is 0.488 e. The summed E-state index contributed by atoms with van der Waals surface area (Å²) in [6.45, 7) is 2.53. The molecule has 0 aliphatic heterocycles. The summed E-state index contributed by atoms with van der Waals surface area (Å²) in [7, 11) is 0. The van der Waals surface area contributed by atoms with Gasteiger partial charge in [0.05, 0.1) is 5.56 Å². The number of nitrogens with one attached hydrogen (secondary N) is 1. The molecule has 18 heavy (non-hydrogen) atoms. The number of nitrogens with two attached hydrogens (primary N) is 1. The number of nitrogen functional groups attached to an aromatic ring is 1. The van der Waals surface area contributed by atoms with E-state index in [1.54, 1.807) is 6.07 Å². The van der Waals surface area contributed by atoms with Crippen LogP contribution in [0.2, 0.25) is 0 Å². The van der Waals surface area contributed by atoms with Crippen molar-refractivity contribution in [2.75, 3.05) is 0 Å². The zero-order valence-corrected chi connectivity index (χ0v) is 10.3. The molecular formula is C15H16N2O. The summed E-state index contributed by atoms with van der Waals surface area (Å²) in [5, 5.41) is 7.49. The molecule has 0 saturated heterocycles. The predicted octanol–water partition coefficient (Wildman–Crippen LogP) is 2.86. The van der Waals surface area contributed by atoms with Gasteiger partial charge in [0, 0.05) is 0 Å². The summed E-state index contributed by atoms with van der Waals surface area (Å²) < 4.78 is 5.70. The van der Waals surface area contributed by atoms with Gasteiger partial charge >= 0.3 is 0 Å². The van der Waals surface area contributed by atoms with Crippen LogP contribution in [0.1, 0.15) is 16.7 Å². The van der Waals surface area contributed by atoms with Gasteiger partial charge in [0.1, 0.15) is 18.2 Å². The highest BCUT2D eigenvalue weighted by molar-refractivity contribution is 5.97. The molecule has 92 valence electrons. The Labute approximate surface area is 107 Å². The number of benzene rings is 2. The van der Waals surface area contributed by atoms with Gasteiger partial charge in [-0.1, -0.05) is 42.0 Å². The standard InChI is InChI=1S/C15H16N2O/c1-11-6-8-12(9-7-11)10-18-14-5-3-2-4-13(14)15(16)17/h2-9H,10H2,1H3,(H3,16,17). The molecular weight excluding hydrogens is 224 g/mol. The normalized spacial score (nSPS) is 10.1. The Hall–Kier alpha value is -2.29. The lowest BCUT2D eigenvalue weighted by atomic mass is 10.1. The van der Waals surface area contributed by atoms with Gasteiger partial charge in [0.15, 0.2) is 0 Å². The van der Waals surface area contributed by atoms with Crippen LogP contribution in [0.5, 0.6) is 5.75 Å². The van der Waals surface area contributed by atoms with Crippen molar-refractivity contribution >= 4 is 5.84 Å². The lowest BCUT2D eigenvalue weighted by Crippen LogP contribution is -2.12. The number of ether oxygens (including phenoxy) is 1. The van der Waals surface area contributed by atoms with E-state index in [0.29, 0.717) is 17.9 Å². The fraction of sp³-hybridized carbons (Fsp3) is 0.133. The molecule has 0 fully saturated rings. The van der Waals surface area contributed by atoms with Gasteiger partial charge in [0.2, 0.25) is 0 Å². The highest BCUT2D eigenvalue weighted by Crippen LogP contribution is 2.18. The van der Waals surface area contributed by atoms with Crippen molar-refractivity contribution in [3.05, 3.63) is 65.2 Å². The van der Waals surface area contributed by atoms with Gasteiger partial charge in [-0.05, 0) is 24.6 Å². The molecule has 3 heteroatoms. The third-order valence-corrected chi connectivity index (χ3v) is 2.69. The number of hydrogen-bond acceptors (Lipinski definition) is 2. The van der Waals surface area contributed by atoms with Crippen molar-refractivity contribution in [1.29, 1.82) is 5.41 Å². The molecule has 0 saturated carbocycles. The minimum Gasteiger partial charge on any atom is -0.488 e. The molecule has 2 rings (SSSR count). The van der Waals surface area contributed by atoms with Crippen LogP contribution < -0.4 is 10.5 Å². The van der Waals surface area contributed by atoms with E-state index in [9.17, 15) is 0 Å². The predicted molar refractivity (Wildman–Crippen MR) is 73.0 cm³/mol. The van der Waals surface area contributed by atoms with E-state index in [4.69, 9.17) is 15.9 Å². The van der Waals surface area contributed by atoms with E-state index in [0.717, 1.165) is 5.56 Å². The Morgan fingerprint density at radius 3 is 2.44 bits per heavy atom. The number of aryl methyl sites for hydroxylation is 1. The first-order valence-corrected chi connectivity index (χ1v) is 5.78. The Kier molecular flexibility index (Phi) is 3.63. The molecule has 3 N–H and O–H groups in total. The average Bonchev–Trinajstić information content (AvgIpc) is 2.38. The van der Waals surface area contributed by atoms with Crippen LogP contribution in [0.25, 0.3) is 0 Å². The van der Waals surface area contributed by atoms with Crippen LogP contribution >= 0.6 is 0 Å². The second-order valence-electron chi connectivity index (χ2n) is 4.18. The van der Waals surface area contributed by atoms with E-state index in [-0.39, 0.29) is 5.84 Å². The van der Waals surface area contributed by atoms with Crippen molar-refractivity contribution in [2.45, 2.75) is 13.5 Å². The zero-order chi connectivity index (χ0) is 13.0. The Bertz CT molecular complexity index is 547. The highest BCUT2D eigenvalue weighted by atomic mass is 16.5. The maximum absolute atomic E-state index is 7.49. The number of para-hydroxylation sites is 1. The van der Waals surface area contributed by atoms with Crippen molar-refractivity contribution in [1.82, 2.24) is 0 Å². The van der Waals surface area contributed by atoms with Crippen LogP contribution in [0.15, 0.2) is 48.5 Å². The minimum absolute atomic E-state index is 0.0227. The van der Waals surface area contributed by atoms with E-state index in [1.807, 2.05) is 30.3 Å². The first kappa shape index (κ1) is 12.2. The van der Waals surface area contributed by atoms with E-state index in [2.05, 4.69) is 19.1 Å². The summed E-state index contributed by atoms with van der Waals surface area (Å²) in [4.78, 5) is 0. The lowest BCUT2D eigenvalue weighted by molar-refractivity contribution is 0.305. The zero-order valence-electron chi connectivity index (χ0n) is 10.3. The SMILES string of the molecule is Cc1ccc(COc2ccccc2C(=N)N)cc1. The van der Waals surface area contributed by atoms with Crippen LogP contribution in [-0.4, -0.2) is 5.84 Å². The van der Waals surface area contributed by atoms with E-state index < -0.39 is 0 Å². The summed E-state index contributed by atoms with van der Waals surface area (Å²) in [6.07, 6.45) is 0. The molecule has 0 bridgehead atoms. The third kappa shape index (κ3) is 2.88. The Morgan fingerprint density at radius 1 is 1.11 bits per heavy atom. The quantitative estimate of drug-likeness (QED) is 0.637. The molecule has 0 aliphatic rings. The summed E-state index contributed by atoms with van der Waals surface area (Å²) in [5.74, 6) is 0.667. The molecule has 0 spiro atoms. The van der Waals surface area contributed by atoms with Crippen LogP contribution in [0.4, 0.5) is 0 Å². The van der Waals surface area contributed by atoms with Crippen molar-refractivity contribution in [3.8, 4) is 5.75 Å². The molecule has 0 aliphatic carbocycles. The van der Waals surface area contributed by atoms with Gasteiger partial charge in [-0.25, -0.2) is 0 Å². The van der Waals surface area contributed by atoms with Crippen molar-refractivity contribution in [2.24, 2.45) is 5.73 Å². The maximum Gasteiger partial charge on any atom is 0.130 e. The Balaban J connectivity index is 2.10. The average molecular weight is 240 g/mol. The van der Waals surface area contributed by atoms with Crippen LogP contribution in [0, 0.1) is 12.3 Å². The van der Waals surface area contributed by atoms with Crippen LogP contribution in [0.3, 0.4) is 0 Å². The van der Waals surface area contributed by atoms with E-state index >= 15 is 0 Å². The summed E-state index contributed by atoms with van der Waals surface area (Å²) in [5.41, 5.74) is 8.46. The first-order valence-electron chi connectivity index (χ1n) is 5.78. The molecule has 2 aromatic rings. The molecule has 0 heterocycles.